The highest BCUT2D eigenvalue weighted by atomic mass is 16.5. The van der Waals surface area contributed by atoms with E-state index in [1.165, 1.54) is 27.9 Å². The van der Waals surface area contributed by atoms with E-state index in [0.29, 0.717) is 0 Å². The Morgan fingerprint density at radius 3 is 2.11 bits per heavy atom. The molecule has 0 radical (unpaired) electrons. The maximum Gasteiger partial charge on any atom is 0.122 e. The molecule has 3 heteroatoms. The third-order valence-corrected chi connectivity index (χ3v) is 5.27. The normalized spacial score (nSPS) is 12.7. The van der Waals surface area contributed by atoms with E-state index < -0.39 is 0 Å². The molecule has 0 saturated heterocycles. The Kier molecular flexibility index (Phi) is 5.63. The van der Waals surface area contributed by atoms with Gasteiger partial charge < -0.3 is 9.64 Å². The van der Waals surface area contributed by atoms with Crippen molar-refractivity contribution < 1.29 is 4.74 Å². The summed E-state index contributed by atoms with van der Waals surface area (Å²) in [6.07, 6.45) is 1.03. The van der Waals surface area contributed by atoms with Crippen LogP contribution in [-0.2, 0) is 26.1 Å². The number of fused-ring (bicyclic) bond motifs is 1. The Labute approximate surface area is 168 Å². The second-order valence-corrected chi connectivity index (χ2v) is 7.73. The molecular weight excluding hydrogens is 344 g/mol. The first-order valence-corrected chi connectivity index (χ1v) is 9.94. The van der Waals surface area contributed by atoms with Crippen molar-refractivity contribution in [2.24, 2.45) is 0 Å². The topological polar surface area (TPSA) is 15.7 Å². The molecule has 0 spiro atoms. The Morgan fingerprint density at radius 1 is 0.750 bits per heavy atom. The quantitative estimate of drug-likeness (QED) is 0.587. The number of benzene rings is 3. The minimum absolute atomic E-state index is 0.810. The van der Waals surface area contributed by atoms with E-state index in [2.05, 4.69) is 96.7 Å². The lowest BCUT2D eigenvalue weighted by Gasteiger charge is -2.23. The van der Waals surface area contributed by atoms with Crippen molar-refractivity contribution in [3.63, 3.8) is 0 Å². The van der Waals surface area contributed by atoms with Gasteiger partial charge in [-0.3, -0.25) is 4.90 Å². The molecule has 1 aliphatic heterocycles. The molecule has 0 saturated carbocycles. The fourth-order valence-electron chi connectivity index (χ4n) is 3.73. The molecule has 144 valence electrons. The lowest BCUT2D eigenvalue weighted by Crippen LogP contribution is -2.22. The van der Waals surface area contributed by atoms with E-state index in [0.717, 1.165) is 38.4 Å². The highest BCUT2D eigenvalue weighted by Crippen LogP contribution is 2.27. The molecule has 0 atom stereocenters. The van der Waals surface area contributed by atoms with Gasteiger partial charge in [-0.25, -0.2) is 0 Å². The van der Waals surface area contributed by atoms with E-state index in [-0.39, 0.29) is 0 Å². The minimum Gasteiger partial charge on any atom is -0.493 e. The number of anilines is 1. The van der Waals surface area contributed by atoms with Gasteiger partial charge in [0.1, 0.15) is 5.75 Å². The van der Waals surface area contributed by atoms with Crippen LogP contribution >= 0.6 is 0 Å². The summed E-state index contributed by atoms with van der Waals surface area (Å²) in [5.41, 5.74) is 6.54. The van der Waals surface area contributed by atoms with Crippen LogP contribution in [0.1, 0.15) is 22.3 Å². The molecule has 1 aliphatic rings. The standard InChI is InChI=1S/C25H28N2O/c1-26(2)24-12-9-21(10-13-24)18-27(17-20-6-4-3-5-7-20)19-22-8-11-23-14-15-28-25(23)16-22/h3-13,16H,14-15,17-19H2,1-2H3. The highest BCUT2D eigenvalue weighted by molar-refractivity contribution is 5.46. The van der Waals surface area contributed by atoms with Crippen LogP contribution < -0.4 is 9.64 Å². The number of hydrogen-bond donors (Lipinski definition) is 0. The molecule has 0 aromatic heterocycles. The molecular formula is C25H28N2O. The van der Waals surface area contributed by atoms with Gasteiger partial charge in [-0.15, -0.1) is 0 Å². The fourth-order valence-corrected chi connectivity index (χ4v) is 3.73. The average Bonchev–Trinajstić information content (AvgIpc) is 3.17. The lowest BCUT2D eigenvalue weighted by atomic mass is 10.1. The van der Waals surface area contributed by atoms with Gasteiger partial charge in [0.25, 0.3) is 0 Å². The van der Waals surface area contributed by atoms with Gasteiger partial charge in [-0.05, 0) is 40.5 Å². The summed E-state index contributed by atoms with van der Waals surface area (Å²) in [7, 11) is 4.15. The van der Waals surface area contributed by atoms with Crippen molar-refractivity contribution in [1.29, 1.82) is 0 Å². The van der Waals surface area contributed by atoms with Crippen LogP contribution in [0, 0.1) is 0 Å². The number of nitrogens with zero attached hydrogens (tertiary/aromatic N) is 2. The van der Waals surface area contributed by atoms with Gasteiger partial charge in [-0.2, -0.15) is 0 Å². The van der Waals surface area contributed by atoms with Crippen LogP contribution in [-0.4, -0.2) is 25.6 Å². The molecule has 28 heavy (non-hydrogen) atoms. The first kappa shape index (κ1) is 18.6. The smallest absolute Gasteiger partial charge is 0.122 e. The molecule has 0 N–H and O–H groups in total. The van der Waals surface area contributed by atoms with Crippen molar-refractivity contribution in [2.45, 2.75) is 26.1 Å². The summed E-state index contributed by atoms with van der Waals surface area (Å²) < 4.78 is 5.77. The third kappa shape index (κ3) is 4.55. The molecule has 0 bridgehead atoms. The maximum atomic E-state index is 5.77. The van der Waals surface area contributed by atoms with Crippen LogP contribution in [0.3, 0.4) is 0 Å². The lowest BCUT2D eigenvalue weighted by molar-refractivity contribution is 0.247. The highest BCUT2D eigenvalue weighted by Gasteiger charge is 2.14. The number of rotatable bonds is 7. The van der Waals surface area contributed by atoms with E-state index in [1.807, 2.05) is 0 Å². The van der Waals surface area contributed by atoms with Crippen molar-refractivity contribution >= 4 is 5.69 Å². The molecule has 0 aliphatic carbocycles. The molecule has 0 fully saturated rings. The van der Waals surface area contributed by atoms with Gasteiger partial charge >= 0.3 is 0 Å². The first-order chi connectivity index (χ1) is 13.7. The average molecular weight is 373 g/mol. The predicted octanol–water partition coefficient (Wildman–Crippen LogP) is 4.89. The minimum atomic E-state index is 0.810. The van der Waals surface area contributed by atoms with Gasteiger partial charge in [0.05, 0.1) is 6.61 Å². The summed E-state index contributed by atoms with van der Waals surface area (Å²) in [6, 6.07) is 26.3. The Hall–Kier alpha value is -2.78. The molecule has 3 aromatic carbocycles. The van der Waals surface area contributed by atoms with E-state index in [4.69, 9.17) is 4.74 Å². The molecule has 3 nitrogen and oxygen atoms in total. The van der Waals surface area contributed by atoms with E-state index in [1.54, 1.807) is 0 Å². The van der Waals surface area contributed by atoms with Crippen LogP contribution in [0.15, 0.2) is 72.8 Å². The molecule has 1 heterocycles. The molecule has 0 unspecified atom stereocenters. The summed E-state index contributed by atoms with van der Waals surface area (Å²) >= 11 is 0. The van der Waals surface area contributed by atoms with Gasteiger partial charge in [-0.1, -0.05) is 54.6 Å². The third-order valence-electron chi connectivity index (χ3n) is 5.27. The predicted molar refractivity (Wildman–Crippen MR) is 116 cm³/mol. The second-order valence-electron chi connectivity index (χ2n) is 7.73. The van der Waals surface area contributed by atoms with E-state index in [9.17, 15) is 0 Å². The van der Waals surface area contributed by atoms with Crippen LogP contribution in [0.5, 0.6) is 5.75 Å². The molecule has 0 amide bonds. The van der Waals surface area contributed by atoms with Crippen LogP contribution in [0.25, 0.3) is 0 Å². The Bertz CT molecular complexity index is 904. The Balaban J connectivity index is 1.53. The first-order valence-electron chi connectivity index (χ1n) is 9.94. The Morgan fingerprint density at radius 2 is 1.39 bits per heavy atom. The summed E-state index contributed by atoms with van der Waals surface area (Å²) in [6.45, 7) is 3.56. The summed E-state index contributed by atoms with van der Waals surface area (Å²) in [4.78, 5) is 4.63. The largest absolute Gasteiger partial charge is 0.493 e. The number of hydrogen-bond acceptors (Lipinski definition) is 3. The van der Waals surface area contributed by atoms with Gasteiger partial charge in [0, 0.05) is 45.8 Å². The fraction of sp³-hybridized carbons (Fsp3) is 0.280. The zero-order valence-corrected chi connectivity index (χ0v) is 16.8. The second kappa shape index (κ2) is 8.49. The van der Waals surface area contributed by atoms with E-state index >= 15 is 0 Å². The zero-order valence-electron chi connectivity index (χ0n) is 16.8. The van der Waals surface area contributed by atoms with Gasteiger partial charge in [0.15, 0.2) is 0 Å². The van der Waals surface area contributed by atoms with Crippen LogP contribution in [0.2, 0.25) is 0 Å². The van der Waals surface area contributed by atoms with Crippen molar-refractivity contribution in [2.75, 3.05) is 25.6 Å². The SMILES string of the molecule is CN(C)c1ccc(CN(Cc2ccccc2)Cc2ccc3c(c2)OCC3)cc1. The zero-order chi connectivity index (χ0) is 19.3. The molecule has 3 aromatic rings. The van der Waals surface area contributed by atoms with Crippen molar-refractivity contribution in [3.8, 4) is 5.75 Å². The summed E-state index contributed by atoms with van der Waals surface area (Å²) in [5, 5.41) is 0. The number of ether oxygens (including phenoxy) is 1. The molecule has 4 rings (SSSR count). The van der Waals surface area contributed by atoms with Crippen molar-refractivity contribution in [3.05, 3.63) is 95.1 Å². The van der Waals surface area contributed by atoms with Gasteiger partial charge in [0.2, 0.25) is 0 Å². The summed E-state index contributed by atoms with van der Waals surface area (Å²) in [5.74, 6) is 1.06. The van der Waals surface area contributed by atoms with Crippen molar-refractivity contribution in [1.82, 2.24) is 4.90 Å². The monoisotopic (exact) mass is 372 g/mol. The van der Waals surface area contributed by atoms with Crippen LogP contribution in [0.4, 0.5) is 5.69 Å². The maximum absolute atomic E-state index is 5.77.